The normalized spacial score (nSPS) is 28.1. The van der Waals surface area contributed by atoms with Crippen LogP contribution in [0.5, 0.6) is 0 Å². The molecule has 4 atom stereocenters. The van der Waals surface area contributed by atoms with Crippen LogP contribution >= 0.6 is 0 Å². The maximum atomic E-state index is 13.1. The van der Waals surface area contributed by atoms with Gasteiger partial charge in [0.25, 0.3) is 0 Å². The van der Waals surface area contributed by atoms with E-state index in [1.165, 1.54) is 6.92 Å². The Morgan fingerprint density at radius 2 is 1.71 bits per heavy atom. The van der Waals surface area contributed by atoms with Gasteiger partial charge in [0.15, 0.2) is 0 Å². The summed E-state index contributed by atoms with van der Waals surface area (Å²) in [6, 6.07) is 0.567. The van der Waals surface area contributed by atoms with Gasteiger partial charge in [0.1, 0.15) is 11.2 Å². The second-order valence-corrected chi connectivity index (χ2v) is 8.88. The van der Waals surface area contributed by atoms with E-state index in [4.69, 9.17) is 4.74 Å². The van der Waals surface area contributed by atoms with Crippen LogP contribution in [0.1, 0.15) is 49.3 Å². The number of benzene rings is 1. The summed E-state index contributed by atoms with van der Waals surface area (Å²) < 4.78 is 83.6. The Morgan fingerprint density at radius 3 is 2.24 bits per heavy atom. The quantitative estimate of drug-likeness (QED) is 0.416. The van der Waals surface area contributed by atoms with Gasteiger partial charge >= 0.3 is 12.4 Å². The molecule has 190 valence electrons. The smallest absolute Gasteiger partial charge is 0.389 e. The summed E-state index contributed by atoms with van der Waals surface area (Å²) in [5.74, 6) is -1.19. The second kappa shape index (κ2) is 9.82. The van der Waals surface area contributed by atoms with Crippen molar-refractivity contribution >= 4 is 11.7 Å². The van der Waals surface area contributed by atoms with Crippen molar-refractivity contribution in [3.63, 3.8) is 0 Å². The summed E-state index contributed by atoms with van der Waals surface area (Å²) in [6.45, 7) is 1.26. The number of ether oxygens (including phenoxy) is 1. The zero-order chi connectivity index (χ0) is 25.3. The number of carbonyl (C=O) groups excluding carboxylic acids is 2. The van der Waals surface area contributed by atoms with Crippen LogP contribution in [-0.4, -0.2) is 48.2 Å². The lowest BCUT2D eigenvalue weighted by Crippen LogP contribution is -2.51. The van der Waals surface area contributed by atoms with E-state index in [9.17, 15) is 41.0 Å². The lowest BCUT2D eigenvalue weighted by Gasteiger charge is -2.32. The molecule has 2 aliphatic rings. The average Bonchev–Trinajstić information content (AvgIpc) is 3.17. The summed E-state index contributed by atoms with van der Waals surface area (Å²) in [4.78, 5) is 25.4. The van der Waals surface area contributed by atoms with Crippen molar-refractivity contribution in [1.82, 2.24) is 10.6 Å². The van der Waals surface area contributed by atoms with Crippen LogP contribution in [0, 0.1) is 5.41 Å². The van der Waals surface area contributed by atoms with Gasteiger partial charge in [-0.1, -0.05) is 0 Å². The standard InChI is InChI=1S/C22H26F6N2O4/c1-12(31)20(4-2-16(9-20)30-17-3-5-34-11-18(17)32)19(33)29-10-13-6-14(21(23,24)25)8-15(7-13)22(26,27)28/h6-8,16-18,30,32H,2-5,9-11H2,1H3,(H,29,33)/t16-,17?,18?,20+/m1/s1. The number of Topliss-reactive ketones (excluding diaryl/α,β-unsaturated/α-hetero) is 1. The van der Waals surface area contributed by atoms with Gasteiger partial charge in [-0.25, -0.2) is 0 Å². The van der Waals surface area contributed by atoms with Gasteiger partial charge in [-0.3, -0.25) is 9.59 Å². The molecule has 1 aromatic rings. The van der Waals surface area contributed by atoms with Crippen molar-refractivity contribution in [2.24, 2.45) is 5.41 Å². The topological polar surface area (TPSA) is 87.7 Å². The third-order valence-electron chi connectivity index (χ3n) is 6.50. The number of alkyl halides is 6. The number of aliphatic hydroxyl groups is 1. The van der Waals surface area contributed by atoms with Crippen LogP contribution in [0.2, 0.25) is 0 Å². The molecule has 0 bridgehead atoms. The van der Waals surface area contributed by atoms with Crippen LogP contribution in [0.15, 0.2) is 18.2 Å². The van der Waals surface area contributed by atoms with E-state index in [1.54, 1.807) is 0 Å². The molecule has 12 heteroatoms. The highest BCUT2D eigenvalue weighted by Crippen LogP contribution is 2.40. The number of ketones is 1. The molecule has 6 nitrogen and oxygen atoms in total. The number of halogens is 6. The average molecular weight is 496 g/mol. The Hall–Kier alpha value is -2.18. The first-order chi connectivity index (χ1) is 15.7. The van der Waals surface area contributed by atoms with Crippen LogP contribution in [0.25, 0.3) is 0 Å². The molecule has 1 heterocycles. The maximum Gasteiger partial charge on any atom is 0.416 e. The molecule has 1 amide bonds. The Balaban J connectivity index is 1.73. The van der Waals surface area contributed by atoms with E-state index in [0.29, 0.717) is 31.6 Å². The highest BCUT2D eigenvalue weighted by atomic mass is 19.4. The molecular formula is C22H26F6N2O4. The molecule has 2 unspecified atom stereocenters. The van der Waals surface area contributed by atoms with Gasteiger partial charge < -0.3 is 20.5 Å². The fourth-order valence-electron chi connectivity index (χ4n) is 4.57. The van der Waals surface area contributed by atoms with Crippen molar-refractivity contribution in [2.75, 3.05) is 13.2 Å². The summed E-state index contributed by atoms with van der Waals surface area (Å²) in [5.41, 5.74) is -4.80. The van der Waals surface area contributed by atoms with E-state index in [-0.39, 0.29) is 43.2 Å². The maximum absolute atomic E-state index is 13.1. The molecule has 1 aliphatic carbocycles. The molecule has 1 saturated carbocycles. The Kier molecular flexibility index (Phi) is 7.63. The number of nitrogens with one attached hydrogen (secondary N) is 2. The number of hydrogen-bond donors (Lipinski definition) is 3. The fraction of sp³-hybridized carbons (Fsp3) is 0.636. The van der Waals surface area contributed by atoms with E-state index >= 15 is 0 Å². The lowest BCUT2D eigenvalue weighted by molar-refractivity contribution is -0.143. The molecule has 1 aliphatic heterocycles. The highest BCUT2D eigenvalue weighted by Gasteiger charge is 2.49. The Bertz CT molecular complexity index is 887. The van der Waals surface area contributed by atoms with Gasteiger partial charge in [0.2, 0.25) is 5.91 Å². The SMILES string of the molecule is CC(=O)[C@]1(C(=O)NCc2cc(C(F)(F)F)cc(C(F)(F)F)c2)CC[C@@H](NC2CCOCC2O)C1. The lowest BCUT2D eigenvalue weighted by atomic mass is 9.81. The largest absolute Gasteiger partial charge is 0.416 e. The predicted molar refractivity (Wildman–Crippen MR) is 107 cm³/mol. The van der Waals surface area contributed by atoms with E-state index in [0.717, 1.165) is 0 Å². The van der Waals surface area contributed by atoms with Gasteiger partial charge in [-0.15, -0.1) is 0 Å². The number of carbonyl (C=O) groups is 2. The zero-order valence-electron chi connectivity index (χ0n) is 18.4. The summed E-state index contributed by atoms with van der Waals surface area (Å²) in [7, 11) is 0. The van der Waals surface area contributed by atoms with Crippen molar-refractivity contribution in [2.45, 2.75) is 69.7 Å². The highest BCUT2D eigenvalue weighted by molar-refractivity contribution is 6.05. The van der Waals surface area contributed by atoms with Gasteiger partial charge in [-0.05, 0) is 56.4 Å². The minimum Gasteiger partial charge on any atom is -0.389 e. The Labute approximate surface area is 192 Å². The molecule has 1 aromatic carbocycles. The molecule has 34 heavy (non-hydrogen) atoms. The van der Waals surface area contributed by atoms with Crippen molar-refractivity contribution in [1.29, 1.82) is 0 Å². The number of hydrogen-bond acceptors (Lipinski definition) is 5. The number of amides is 1. The minimum atomic E-state index is -5.00. The first-order valence-corrected chi connectivity index (χ1v) is 10.8. The number of rotatable bonds is 6. The summed E-state index contributed by atoms with van der Waals surface area (Å²) in [5, 5.41) is 15.7. The molecule has 0 radical (unpaired) electrons. The molecule has 1 saturated heterocycles. The summed E-state index contributed by atoms with van der Waals surface area (Å²) >= 11 is 0. The van der Waals surface area contributed by atoms with Crippen LogP contribution < -0.4 is 10.6 Å². The van der Waals surface area contributed by atoms with Gasteiger partial charge in [0, 0.05) is 25.2 Å². The molecule has 0 aromatic heterocycles. The minimum absolute atomic E-state index is 0.0142. The van der Waals surface area contributed by atoms with Crippen molar-refractivity contribution in [3.8, 4) is 0 Å². The van der Waals surface area contributed by atoms with E-state index in [2.05, 4.69) is 10.6 Å². The van der Waals surface area contributed by atoms with Crippen LogP contribution in [-0.2, 0) is 33.2 Å². The first kappa shape index (κ1) is 26.4. The predicted octanol–water partition coefficient (Wildman–Crippen LogP) is 3.21. The molecule has 0 spiro atoms. The van der Waals surface area contributed by atoms with E-state index in [1.807, 2.05) is 0 Å². The Morgan fingerprint density at radius 1 is 1.09 bits per heavy atom. The first-order valence-electron chi connectivity index (χ1n) is 10.8. The molecule has 2 fully saturated rings. The zero-order valence-corrected chi connectivity index (χ0v) is 18.4. The number of aliphatic hydroxyl groups excluding tert-OH is 1. The monoisotopic (exact) mass is 496 g/mol. The summed E-state index contributed by atoms with van der Waals surface area (Å²) in [6.07, 6.45) is -9.47. The van der Waals surface area contributed by atoms with Crippen LogP contribution in [0.3, 0.4) is 0 Å². The second-order valence-electron chi connectivity index (χ2n) is 8.88. The van der Waals surface area contributed by atoms with Crippen molar-refractivity contribution < 1.29 is 45.8 Å². The molecule has 3 rings (SSSR count). The van der Waals surface area contributed by atoms with Crippen molar-refractivity contribution in [3.05, 3.63) is 34.9 Å². The fourth-order valence-corrected chi connectivity index (χ4v) is 4.57. The molecule has 3 N–H and O–H groups in total. The molecular weight excluding hydrogens is 470 g/mol. The van der Waals surface area contributed by atoms with E-state index < -0.39 is 53.2 Å². The van der Waals surface area contributed by atoms with Gasteiger partial charge in [0.05, 0.1) is 23.8 Å². The van der Waals surface area contributed by atoms with Crippen LogP contribution in [0.4, 0.5) is 26.3 Å². The third kappa shape index (κ3) is 5.89. The van der Waals surface area contributed by atoms with Gasteiger partial charge in [-0.2, -0.15) is 26.3 Å². The third-order valence-corrected chi connectivity index (χ3v) is 6.50.